The molecule has 0 aromatic carbocycles. The van der Waals surface area contributed by atoms with Crippen LogP contribution in [0.5, 0.6) is 0 Å². The fraction of sp³-hybridized carbons (Fsp3) is 0.857. The maximum atomic E-state index is 10.1. The van der Waals surface area contributed by atoms with Gasteiger partial charge >= 0.3 is 5.97 Å². The molecule has 0 saturated heterocycles. The van der Waals surface area contributed by atoms with Crippen molar-refractivity contribution in [3.8, 4) is 0 Å². The van der Waals surface area contributed by atoms with E-state index < -0.39 is 5.97 Å². The molecule has 66 valence electrons. The largest absolute Gasteiger partial charge is 0.481 e. The third-order valence-electron chi connectivity index (χ3n) is 1.43. The molecular weight excluding hydrogens is 144 g/mol. The van der Waals surface area contributed by atoms with Crippen LogP contribution in [0.3, 0.4) is 0 Å². The zero-order valence-electron chi connectivity index (χ0n) is 6.84. The molecule has 0 fully saturated rings. The fourth-order valence-electron chi connectivity index (χ4n) is 0.772. The van der Waals surface area contributed by atoms with Crippen molar-refractivity contribution < 1.29 is 9.90 Å². The van der Waals surface area contributed by atoms with E-state index in [1.165, 1.54) is 0 Å². The first-order valence-electron chi connectivity index (χ1n) is 3.82. The second-order valence-electron chi connectivity index (χ2n) is 2.58. The number of hydrogen-bond donors (Lipinski definition) is 3. The minimum Gasteiger partial charge on any atom is -0.481 e. The summed E-state index contributed by atoms with van der Waals surface area (Å²) in [5.41, 5.74) is 5.25. The van der Waals surface area contributed by atoms with Crippen LogP contribution in [0, 0.1) is 0 Å². The Morgan fingerprint density at radius 2 is 2.36 bits per heavy atom. The zero-order valence-corrected chi connectivity index (χ0v) is 6.84. The number of nitrogens with one attached hydrogen (secondary N) is 1. The molecule has 0 aliphatic heterocycles. The average molecular weight is 160 g/mol. The van der Waals surface area contributed by atoms with Crippen molar-refractivity contribution in [1.29, 1.82) is 0 Å². The lowest BCUT2D eigenvalue weighted by molar-refractivity contribution is -0.137. The summed E-state index contributed by atoms with van der Waals surface area (Å²) in [7, 11) is 0. The fourth-order valence-corrected chi connectivity index (χ4v) is 0.772. The first-order chi connectivity index (χ1) is 5.16. The molecule has 4 heteroatoms. The number of hydrogen-bond acceptors (Lipinski definition) is 3. The van der Waals surface area contributed by atoms with Gasteiger partial charge in [-0.1, -0.05) is 0 Å². The molecule has 0 radical (unpaired) electrons. The molecule has 0 aromatic heterocycles. The normalized spacial score (nSPS) is 12.9. The van der Waals surface area contributed by atoms with Crippen LogP contribution in [-0.2, 0) is 4.79 Å². The van der Waals surface area contributed by atoms with Gasteiger partial charge in [-0.3, -0.25) is 4.79 Å². The van der Waals surface area contributed by atoms with E-state index in [4.69, 9.17) is 10.8 Å². The van der Waals surface area contributed by atoms with Gasteiger partial charge in [0.05, 0.1) is 0 Å². The number of aliphatic carboxylic acids is 1. The van der Waals surface area contributed by atoms with Crippen LogP contribution >= 0.6 is 0 Å². The highest BCUT2D eigenvalue weighted by atomic mass is 16.4. The van der Waals surface area contributed by atoms with E-state index in [-0.39, 0.29) is 12.5 Å². The topological polar surface area (TPSA) is 75.3 Å². The van der Waals surface area contributed by atoms with Crippen molar-refractivity contribution >= 4 is 5.97 Å². The van der Waals surface area contributed by atoms with Gasteiger partial charge in [0, 0.05) is 25.6 Å². The lowest BCUT2D eigenvalue weighted by atomic mass is 10.2. The molecule has 0 aromatic rings. The molecule has 0 spiro atoms. The number of rotatable bonds is 6. The van der Waals surface area contributed by atoms with Gasteiger partial charge in [0.1, 0.15) is 0 Å². The van der Waals surface area contributed by atoms with Crippen molar-refractivity contribution in [2.75, 3.05) is 13.1 Å². The smallest absolute Gasteiger partial charge is 0.303 e. The Kier molecular flexibility index (Phi) is 5.78. The predicted octanol–water partition coefficient (Wildman–Crippen LogP) is -0.212. The molecule has 0 saturated carbocycles. The van der Waals surface area contributed by atoms with E-state index in [0.29, 0.717) is 13.0 Å². The Hall–Kier alpha value is -0.610. The van der Waals surface area contributed by atoms with E-state index in [1.54, 1.807) is 0 Å². The summed E-state index contributed by atoms with van der Waals surface area (Å²) in [5, 5.41) is 11.4. The third-order valence-corrected chi connectivity index (χ3v) is 1.43. The number of carbonyl (C=O) groups is 1. The van der Waals surface area contributed by atoms with Crippen LogP contribution in [0.15, 0.2) is 0 Å². The van der Waals surface area contributed by atoms with Crippen molar-refractivity contribution in [1.82, 2.24) is 5.32 Å². The second kappa shape index (κ2) is 6.12. The SMILES string of the molecule is CC(CCC(=O)O)NCCN. The molecule has 0 heterocycles. The summed E-state index contributed by atoms with van der Waals surface area (Å²) in [6, 6.07) is 0.245. The summed E-state index contributed by atoms with van der Waals surface area (Å²) in [4.78, 5) is 10.1. The molecule has 0 aliphatic carbocycles. The maximum Gasteiger partial charge on any atom is 0.303 e. The Balaban J connectivity index is 3.22. The Bertz CT molecular complexity index is 117. The van der Waals surface area contributed by atoms with Crippen LogP contribution in [0.2, 0.25) is 0 Å². The van der Waals surface area contributed by atoms with Gasteiger partial charge in [0.2, 0.25) is 0 Å². The van der Waals surface area contributed by atoms with Gasteiger partial charge in [-0.15, -0.1) is 0 Å². The standard InChI is InChI=1S/C7H16N2O2/c1-6(9-5-4-8)2-3-7(10)11/h6,9H,2-5,8H2,1H3,(H,10,11). The van der Waals surface area contributed by atoms with E-state index in [9.17, 15) is 4.79 Å². The minimum atomic E-state index is -0.744. The second-order valence-corrected chi connectivity index (χ2v) is 2.58. The lowest BCUT2D eigenvalue weighted by Crippen LogP contribution is -2.31. The average Bonchev–Trinajstić information content (AvgIpc) is 1.97. The highest BCUT2D eigenvalue weighted by Crippen LogP contribution is 1.94. The maximum absolute atomic E-state index is 10.1. The highest BCUT2D eigenvalue weighted by Gasteiger charge is 2.02. The Labute approximate surface area is 66.8 Å². The summed E-state index contributed by atoms with van der Waals surface area (Å²) in [6.45, 7) is 3.30. The monoisotopic (exact) mass is 160 g/mol. The third kappa shape index (κ3) is 7.29. The van der Waals surface area contributed by atoms with Crippen LogP contribution in [0.4, 0.5) is 0 Å². The van der Waals surface area contributed by atoms with Gasteiger partial charge in [0.15, 0.2) is 0 Å². The van der Waals surface area contributed by atoms with Gasteiger partial charge in [-0.25, -0.2) is 0 Å². The van der Waals surface area contributed by atoms with Crippen molar-refractivity contribution in [3.63, 3.8) is 0 Å². The van der Waals surface area contributed by atoms with Crippen LogP contribution in [0.25, 0.3) is 0 Å². The van der Waals surface area contributed by atoms with Crippen molar-refractivity contribution in [3.05, 3.63) is 0 Å². The van der Waals surface area contributed by atoms with Crippen LogP contribution < -0.4 is 11.1 Å². The molecule has 0 amide bonds. The lowest BCUT2D eigenvalue weighted by Gasteiger charge is -2.10. The molecule has 1 unspecified atom stereocenters. The number of carboxylic acid groups (broad SMARTS) is 1. The van der Waals surface area contributed by atoms with Gasteiger partial charge in [0.25, 0.3) is 0 Å². The molecule has 0 rings (SSSR count). The molecule has 0 aliphatic rings. The first-order valence-corrected chi connectivity index (χ1v) is 3.82. The first kappa shape index (κ1) is 10.4. The van der Waals surface area contributed by atoms with Crippen molar-refractivity contribution in [2.45, 2.75) is 25.8 Å². The summed E-state index contributed by atoms with van der Waals surface area (Å²) in [5.74, 6) is -0.744. The molecule has 4 nitrogen and oxygen atoms in total. The Morgan fingerprint density at radius 3 is 2.82 bits per heavy atom. The summed E-state index contributed by atoms with van der Waals surface area (Å²) >= 11 is 0. The number of carboxylic acids is 1. The molecule has 11 heavy (non-hydrogen) atoms. The summed E-state index contributed by atoms with van der Waals surface area (Å²) in [6.07, 6.45) is 0.883. The quantitative estimate of drug-likeness (QED) is 0.502. The molecule has 4 N–H and O–H groups in total. The van der Waals surface area contributed by atoms with Gasteiger partial charge < -0.3 is 16.2 Å². The predicted molar refractivity (Wildman–Crippen MR) is 43.4 cm³/mol. The minimum absolute atomic E-state index is 0.221. The molecule has 1 atom stereocenters. The van der Waals surface area contributed by atoms with E-state index in [0.717, 1.165) is 6.54 Å². The highest BCUT2D eigenvalue weighted by molar-refractivity contribution is 5.66. The van der Waals surface area contributed by atoms with Gasteiger partial charge in [-0.05, 0) is 13.3 Å². The summed E-state index contributed by atoms with van der Waals surface area (Å²) < 4.78 is 0. The van der Waals surface area contributed by atoms with E-state index >= 15 is 0 Å². The zero-order chi connectivity index (χ0) is 8.69. The molecule has 0 bridgehead atoms. The van der Waals surface area contributed by atoms with E-state index in [2.05, 4.69) is 5.32 Å². The van der Waals surface area contributed by atoms with Crippen LogP contribution in [-0.4, -0.2) is 30.2 Å². The number of nitrogens with two attached hydrogens (primary N) is 1. The van der Waals surface area contributed by atoms with Crippen molar-refractivity contribution in [2.24, 2.45) is 5.73 Å². The van der Waals surface area contributed by atoms with Crippen LogP contribution in [0.1, 0.15) is 19.8 Å². The Morgan fingerprint density at radius 1 is 1.73 bits per heavy atom. The molecular formula is C7H16N2O2. The van der Waals surface area contributed by atoms with E-state index in [1.807, 2.05) is 6.92 Å². The van der Waals surface area contributed by atoms with Gasteiger partial charge in [-0.2, -0.15) is 0 Å².